The molecule has 0 bridgehead atoms. The molecule has 4 nitrogen and oxygen atoms in total. The van der Waals surface area contributed by atoms with E-state index in [-0.39, 0.29) is 24.2 Å². The third kappa shape index (κ3) is 4.25. The van der Waals surface area contributed by atoms with Crippen molar-refractivity contribution < 1.29 is 14.3 Å². The molecule has 0 saturated heterocycles. The van der Waals surface area contributed by atoms with Crippen LogP contribution in [0.1, 0.15) is 47.9 Å². The van der Waals surface area contributed by atoms with E-state index in [4.69, 9.17) is 16.3 Å². The van der Waals surface area contributed by atoms with Gasteiger partial charge in [0, 0.05) is 5.02 Å². The molecule has 0 aliphatic heterocycles. The van der Waals surface area contributed by atoms with E-state index in [1.54, 1.807) is 12.1 Å². The summed E-state index contributed by atoms with van der Waals surface area (Å²) < 4.78 is 4.79. The van der Waals surface area contributed by atoms with Crippen LogP contribution in [0.5, 0.6) is 0 Å². The summed E-state index contributed by atoms with van der Waals surface area (Å²) in [6.07, 6.45) is 2.88. The molecule has 26 heavy (non-hydrogen) atoms. The number of methoxy groups -OCH3 is 1. The standard InChI is InChI=1S/C21H22ClNO3/c1-26-20(24)13-19(15-9-11-16(22)12-10-15)23-21(25)18-8-4-6-14-5-2-3-7-17(14)18/h2-3,5,7,9-12,18-19H,4,6,8,13H2,1H3,(H,23,25). The highest BCUT2D eigenvalue weighted by molar-refractivity contribution is 6.30. The van der Waals surface area contributed by atoms with Gasteiger partial charge in [-0.3, -0.25) is 9.59 Å². The third-order valence-electron chi connectivity index (χ3n) is 4.87. The second-order valence-electron chi connectivity index (χ2n) is 6.54. The summed E-state index contributed by atoms with van der Waals surface area (Å²) in [6, 6.07) is 14.8. The smallest absolute Gasteiger partial charge is 0.307 e. The molecule has 1 aliphatic rings. The van der Waals surface area contributed by atoms with E-state index >= 15 is 0 Å². The Hall–Kier alpha value is -2.33. The first kappa shape index (κ1) is 18.5. The summed E-state index contributed by atoms with van der Waals surface area (Å²) in [5, 5.41) is 3.66. The quantitative estimate of drug-likeness (QED) is 0.802. The normalized spacial score (nSPS) is 17.1. The number of hydrogen-bond donors (Lipinski definition) is 1. The molecular formula is C21H22ClNO3. The highest BCUT2D eigenvalue weighted by Gasteiger charge is 2.28. The monoisotopic (exact) mass is 371 g/mol. The van der Waals surface area contributed by atoms with Gasteiger partial charge >= 0.3 is 5.97 Å². The Morgan fingerprint density at radius 1 is 1.19 bits per heavy atom. The number of fused-ring (bicyclic) bond motifs is 1. The Labute approximate surface area is 158 Å². The molecule has 0 saturated carbocycles. The van der Waals surface area contributed by atoms with Crippen molar-refractivity contribution in [2.75, 3.05) is 7.11 Å². The molecular weight excluding hydrogens is 350 g/mol. The number of aryl methyl sites for hydroxylation is 1. The molecule has 0 fully saturated rings. The molecule has 1 amide bonds. The average Bonchev–Trinajstić information content (AvgIpc) is 2.67. The first-order valence-corrected chi connectivity index (χ1v) is 9.16. The number of nitrogens with one attached hydrogen (secondary N) is 1. The molecule has 5 heteroatoms. The molecule has 2 atom stereocenters. The van der Waals surface area contributed by atoms with E-state index in [0.717, 1.165) is 30.4 Å². The fraction of sp³-hybridized carbons (Fsp3) is 0.333. The van der Waals surface area contributed by atoms with E-state index in [0.29, 0.717) is 5.02 Å². The highest BCUT2D eigenvalue weighted by Crippen LogP contribution is 2.32. The molecule has 0 heterocycles. The van der Waals surface area contributed by atoms with E-state index in [9.17, 15) is 9.59 Å². The second kappa shape index (κ2) is 8.37. The number of carbonyl (C=O) groups is 2. The fourth-order valence-electron chi connectivity index (χ4n) is 3.50. The van der Waals surface area contributed by atoms with Crippen LogP contribution in [0.3, 0.4) is 0 Å². The largest absolute Gasteiger partial charge is 0.469 e. The van der Waals surface area contributed by atoms with E-state index < -0.39 is 6.04 Å². The number of amides is 1. The van der Waals surface area contributed by atoms with Crippen molar-refractivity contribution >= 4 is 23.5 Å². The first-order valence-electron chi connectivity index (χ1n) is 8.79. The van der Waals surface area contributed by atoms with E-state index in [2.05, 4.69) is 11.4 Å². The van der Waals surface area contributed by atoms with Gasteiger partial charge in [-0.25, -0.2) is 0 Å². The maximum atomic E-state index is 13.0. The molecule has 1 N–H and O–H groups in total. The van der Waals surface area contributed by atoms with Crippen LogP contribution in [0.4, 0.5) is 0 Å². The van der Waals surface area contributed by atoms with Gasteiger partial charge in [-0.1, -0.05) is 48.0 Å². The summed E-state index contributed by atoms with van der Waals surface area (Å²) in [7, 11) is 1.35. The number of halogens is 1. The zero-order valence-electron chi connectivity index (χ0n) is 14.7. The Morgan fingerprint density at radius 3 is 2.65 bits per heavy atom. The SMILES string of the molecule is COC(=O)CC(NC(=O)C1CCCc2ccccc21)c1ccc(Cl)cc1. The van der Waals surface area contributed by atoms with Crippen molar-refractivity contribution in [3.05, 3.63) is 70.2 Å². The predicted molar refractivity (Wildman–Crippen MR) is 101 cm³/mol. The van der Waals surface area contributed by atoms with Gasteiger partial charge in [-0.15, -0.1) is 0 Å². The van der Waals surface area contributed by atoms with Crippen molar-refractivity contribution in [3.8, 4) is 0 Å². The summed E-state index contributed by atoms with van der Waals surface area (Å²) in [5.41, 5.74) is 3.15. The first-order chi connectivity index (χ1) is 12.6. The predicted octanol–water partition coefficient (Wildman–Crippen LogP) is 4.18. The highest BCUT2D eigenvalue weighted by atomic mass is 35.5. The number of hydrogen-bond acceptors (Lipinski definition) is 3. The van der Waals surface area contributed by atoms with Crippen LogP contribution in [0.2, 0.25) is 5.02 Å². The summed E-state index contributed by atoms with van der Waals surface area (Å²) in [4.78, 5) is 24.8. The topological polar surface area (TPSA) is 55.4 Å². The molecule has 2 aromatic rings. The summed E-state index contributed by atoms with van der Waals surface area (Å²) in [5.74, 6) is -0.609. The number of carbonyl (C=O) groups excluding carboxylic acids is 2. The van der Waals surface area contributed by atoms with Crippen LogP contribution < -0.4 is 5.32 Å². The van der Waals surface area contributed by atoms with Gasteiger partial charge in [0.2, 0.25) is 5.91 Å². The number of rotatable bonds is 5. The second-order valence-corrected chi connectivity index (χ2v) is 6.97. The van der Waals surface area contributed by atoms with Crippen LogP contribution in [0.15, 0.2) is 48.5 Å². The van der Waals surface area contributed by atoms with Crippen LogP contribution in [-0.2, 0) is 20.7 Å². The van der Waals surface area contributed by atoms with Crippen molar-refractivity contribution in [2.45, 2.75) is 37.6 Å². The molecule has 3 rings (SSSR count). The molecule has 0 radical (unpaired) electrons. The van der Waals surface area contributed by atoms with Gasteiger partial charge < -0.3 is 10.1 Å². The van der Waals surface area contributed by atoms with Crippen molar-refractivity contribution in [3.63, 3.8) is 0 Å². The minimum Gasteiger partial charge on any atom is -0.469 e. The summed E-state index contributed by atoms with van der Waals surface area (Å²) >= 11 is 5.95. The van der Waals surface area contributed by atoms with Crippen molar-refractivity contribution in [2.24, 2.45) is 0 Å². The zero-order chi connectivity index (χ0) is 18.5. The maximum Gasteiger partial charge on any atom is 0.307 e. The molecule has 136 valence electrons. The van der Waals surface area contributed by atoms with Crippen molar-refractivity contribution in [1.29, 1.82) is 0 Å². The van der Waals surface area contributed by atoms with Gasteiger partial charge in [0.15, 0.2) is 0 Å². The third-order valence-corrected chi connectivity index (χ3v) is 5.13. The number of ether oxygens (including phenoxy) is 1. The Balaban J connectivity index is 1.81. The minimum absolute atomic E-state index is 0.0546. The lowest BCUT2D eigenvalue weighted by Gasteiger charge is -2.27. The van der Waals surface area contributed by atoms with Gasteiger partial charge in [-0.05, 0) is 48.1 Å². The Kier molecular flexibility index (Phi) is 5.94. The lowest BCUT2D eigenvalue weighted by Crippen LogP contribution is -2.35. The maximum absolute atomic E-state index is 13.0. The Bertz CT molecular complexity index is 788. The lowest BCUT2D eigenvalue weighted by atomic mass is 9.82. The molecule has 0 spiro atoms. The van der Waals surface area contributed by atoms with E-state index in [1.165, 1.54) is 12.7 Å². The van der Waals surface area contributed by atoms with Gasteiger partial charge in [0.25, 0.3) is 0 Å². The summed E-state index contributed by atoms with van der Waals surface area (Å²) in [6.45, 7) is 0. The average molecular weight is 372 g/mol. The minimum atomic E-state index is -0.443. The fourth-order valence-corrected chi connectivity index (χ4v) is 3.62. The van der Waals surface area contributed by atoms with Crippen LogP contribution in [0, 0.1) is 0 Å². The molecule has 0 aromatic heterocycles. The number of benzene rings is 2. The van der Waals surface area contributed by atoms with Gasteiger partial charge in [0.1, 0.15) is 0 Å². The number of esters is 1. The van der Waals surface area contributed by atoms with Crippen LogP contribution in [-0.4, -0.2) is 19.0 Å². The van der Waals surface area contributed by atoms with Gasteiger partial charge in [0.05, 0.1) is 25.5 Å². The van der Waals surface area contributed by atoms with E-state index in [1.807, 2.05) is 30.3 Å². The zero-order valence-corrected chi connectivity index (χ0v) is 15.5. The molecule has 2 unspecified atom stereocenters. The Morgan fingerprint density at radius 2 is 1.92 bits per heavy atom. The lowest BCUT2D eigenvalue weighted by molar-refractivity contribution is -0.141. The molecule has 1 aliphatic carbocycles. The van der Waals surface area contributed by atoms with Crippen LogP contribution >= 0.6 is 11.6 Å². The van der Waals surface area contributed by atoms with Gasteiger partial charge in [-0.2, -0.15) is 0 Å². The molecule has 2 aromatic carbocycles. The van der Waals surface area contributed by atoms with Crippen molar-refractivity contribution in [1.82, 2.24) is 5.32 Å². The van der Waals surface area contributed by atoms with Crippen LogP contribution in [0.25, 0.3) is 0 Å².